The third-order valence-electron chi connectivity index (χ3n) is 4.47. The number of urea groups is 1. The first-order valence-corrected chi connectivity index (χ1v) is 8.84. The minimum atomic E-state index is -0.809. The number of hydrogen-bond donors (Lipinski definition) is 2. The van der Waals surface area contributed by atoms with Crippen LogP contribution in [0.1, 0.15) is 16.7 Å². The zero-order valence-electron chi connectivity index (χ0n) is 16.1. The van der Waals surface area contributed by atoms with E-state index in [-0.39, 0.29) is 17.1 Å². The molecule has 0 atom stereocenters. The average molecular weight is 392 g/mol. The summed E-state index contributed by atoms with van der Waals surface area (Å²) in [5.74, 6) is -1.36. The van der Waals surface area contributed by atoms with Gasteiger partial charge in [-0.3, -0.25) is 14.9 Å². The summed E-state index contributed by atoms with van der Waals surface area (Å²) in [4.78, 5) is 38.5. The largest absolute Gasteiger partial charge is 0.504 e. The van der Waals surface area contributed by atoms with Crippen molar-refractivity contribution >= 4 is 29.6 Å². The Bertz CT molecular complexity index is 1040. The number of carbonyl (C=O) groups is 3. The van der Waals surface area contributed by atoms with Crippen molar-refractivity contribution in [1.82, 2.24) is 5.32 Å². The summed E-state index contributed by atoms with van der Waals surface area (Å²) >= 11 is 0. The van der Waals surface area contributed by atoms with Gasteiger partial charge < -0.3 is 9.84 Å². The number of phenolic OH excluding ortho intramolecular Hbond substituents is 1. The molecule has 0 saturated carbocycles. The molecule has 2 aromatic carbocycles. The number of rotatable bonds is 5. The van der Waals surface area contributed by atoms with Crippen molar-refractivity contribution in [3.63, 3.8) is 0 Å². The van der Waals surface area contributed by atoms with Crippen LogP contribution in [0.2, 0.25) is 0 Å². The number of carbonyl (C=O) groups excluding carboxylic acids is 3. The maximum absolute atomic E-state index is 12.9. The number of aromatic hydroxyl groups is 1. The van der Waals surface area contributed by atoms with E-state index in [1.54, 1.807) is 36.4 Å². The molecule has 0 aliphatic carbocycles. The second kappa shape index (κ2) is 8.02. The smallest absolute Gasteiger partial charge is 0.335 e. The van der Waals surface area contributed by atoms with Crippen LogP contribution in [0, 0.1) is 6.92 Å². The number of nitrogens with zero attached hydrogens (tertiary/aromatic N) is 1. The molecule has 0 aromatic heterocycles. The van der Waals surface area contributed by atoms with Crippen molar-refractivity contribution in [1.29, 1.82) is 0 Å². The maximum atomic E-state index is 12.9. The van der Waals surface area contributed by atoms with E-state index in [2.05, 4.69) is 11.9 Å². The summed E-state index contributed by atoms with van der Waals surface area (Å²) in [5, 5.41) is 12.4. The highest BCUT2D eigenvalue weighted by atomic mass is 16.5. The van der Waals surface area contributed by atoms with Crippen molar-refractivity contribution in [2.24, 2.45) is 0 Å². The number of nitrogens with one attached hydrogen (secondary N) is 1. The third-order valence-corrected chi connectivity index (χ3v) is 4.47. The molecule has 3 rings (SSSR count). The van der Waals surface area contributed by atoms with Gasteiger partial charge in [-0.2, -0.15) is 0 Å². The SMILES string of the molecule is C=CCc1cc(/C=C2/C(=O)NC(=O)N(c3ccc(C)cc3)C2=O)cc(OC)c1O. The fourth-order valence-corrected chi connectivity index (χ4v) is 2.99. The molecule has 1 heterocycles. The highest BCUT2D eigenvalue weighted by molar-refractivity contribution is 6.39. The minimum absolute atomic E-state index is 0.0366. The first-order chi connectivity index (χ1) is 13.8. The molecule has 1 aliphatic rings. The van der Waals surface area contributed by atoms with Gasteiger partial charge in [0.1, 0.15) is 5.57 Å². The number of aryl methyl sites for hydroxylation is 1. The van der Waals surface area contributed by atoms with Gasteiger partial charge in [0.25, 0.3) is 11.8 Å². The zero-order chi connectivity index (χ0) is 21.1. The van der Waals surface area contributed by atoms with E-state index < -0.39 is 17.8 Å². The molecule has 7 nitrogen and oxygen atoms in total. The molecule has 29 heavy (non-hydrogen) atoms. The molecule has 1 fully saturated rings. The van der Waals surface area contributed by atoms with Crippen LogP contribution in [0.3, 0.4) is 0 Å². The topological polar surface area (TPSA) is 95.9 Å². The summed E-state index contributed by atoms with van der Waals surface area (Å²) < 4.78 is 5.17. The van der Waals surface area contributed by atoms with Gasteiger partial charge in [0.15, 0.2) is 11.5 Å². The van der Waals surface area contributed by atoms with Crippen LogP contribution in [-0.2, 0) is 16.0 Å². The van der Waals surface area contributed by atoms with Crippen LogP contribution in [-0.4, -0.2) is 30.1 Å². The minimum Gasteiger partial charge on any atom is -0.504 e. The fraction of sp³-hybridized carbons (Fsp3) is 0.136. The second-order valence-corrected chi connectivity index (χ2v) is 6.52. The Morgan fingerprint density at radius 3 is 2.48 bits per heavy atom. The van der Waals surface area contributed by atoms with Gasteiger partial charge in [0.05, 0.1) is 12.8 Å². The Kier molecular flexibility index (Phi) is 5.50. The predicted molar refractivity (Wildman–Crippen MR) is 109 cm³/mol. The molecule has 0 unspecified atom stereocenters. The fourth-order valence-electron chi connectivity index (χ4n) is 2.99. The molecule has 148 valence electrons. The van der Waals surface area contributed by atoms with E-state index in [1.807, 2.05) is 6.92 Å². The number of phenols is 1. The standard InChI is InChI=1S/C22H20N2O5/c1-4-5-15-10-14(12-18(29-3)19(15)25)11-17-20(26)23-22(28)24(21(17)27)16-8-6-13(2)7-9-16/h4,6-12,25H,1,5H2,2-3H3,(H,23,26,28)/b17-11-. The van der Waals surface area contributed by atoms with Crippen LogP contribution in [0.15, 0.2) is 54.6 Å². The van der Waals surface area contributed by atoms with E-state index in [0.717, 1.165) is 10.5 Å². The predicted octanol–water partition coefficient (Wildman–Crippen LogP) is 3.10. The van der Waals surface area contributed by atoms with Crippen molar-refractivity contribution in [3.05, 3.63) is 71.3 Å². The van der Waals surface area contributed by atoms with Gasteiger partial charge in [-0.15, -0.1) is 6.58 Å². The Balaban J connectivity index is 2.06. The van der Waals surface area contributed by atoms with Crippen LogP contribution in [0.5, 0.6) is 11.5 Å². The summed E-state index contributed by atoms with van der Waals surface area (Å²) in [5.41, 5.74) is 2.11. The molecule has 0 bridgehead atoms. The van der Waals surface area contributed by atoms with Crippen LogP contribution in [0.4, 0.5) is 10.5 Å². The van der Waals surface area contributed by atoms with Crippen molar-refractivity contribution in [2.45, 2.75) is 13.3 Å². The quantitative estimate of drug-likeness (QED) is 0.463. The molecule has 7 heteroatoms. The molecule has 1 aliphatic heterocycles. The maximum Gasteiger partial charge on any atom is 0.335 e. The second-order valence-electron chi connectivity index (χ2n) is 6.52. The number of hydrogen-bond acceptors (Lipinski definition) is 5. The molecule has 2 N–H and O–H groups in total. The molecule has 2 aromatic rings. The number of methoxy groups -OCH3 is 1. The van der Waals surface area contributed by atoms with Gasteiger partial charge in [0, 0.05) is 5.56 Å². The summed E-state index contributed by atoms with van der Waals surface area (Å²) in [6.07, 6.45) is 3.34. The van der Waals surface area contributed by atoms with Gasteiger partial charge >= 0.3 is 6.03 Å². The number of imide groups is 2. The van der Waals surface area contributed by atoms with Crippen LogP contribution < -0.4 is 15.0 Å². The lowest BCUT2D eigenvalue weighted by molar-refractivity contribution is -0.122. The zero-order valence-corrected chi connectivity index (χ0v) is 16.1. The summed E-state index contributed by atoms with van der Waals surface area (Å²) in [6, 6.07) is 9.11. The molecule has 1 saturated heterocycles. The van der Waals surface area contributed by atoms with E-state index in [9.17, 15) is 19.5 Å². The van der Waals surface area contributed by atoms with E-state index in [0.29, 0.717) is 23.2 Å². The molecular weight excluding hydrogens is 372 g/mol. The van der Waals surface area contributed by atoms with Gasteiger partial charge in [-0.25, -0.2) is 9.69 Å². The van der Waals surface area contributed by atoms with E-state index >= 15 is 0 Å². The molecule has 0 spiro atoms. The van der Waals surface area contributed by atoms with Gasteiger partial charge in [-0.05, 0) is 49.2 Å². The highest BCUT2D eigenvalue weighted by Gasteiger charge is 2.36. The number of ether oxygens (including phenoxy) is 1. The van der Waals surface area contributed by atoms with Crippen molar-refractivity contribution < 1.29 is 24.2 Å². The third kappa shape index (κ3) is 3.89. The van der Waals surface area contributed by atoms with Crippen LogP contribution >= 0.6 is 0 Å². The molecule has 4 amide bonds. The molecular formula is C22H20N2O5. The van der Waals surface area contributed by atoms with E-state index in [1.165, 1.54) is 19.3 Å². The Morgan fingerprint density at radius 1 is 1.17 bits per heavy atom. The highest BCUT2D eigenvalue weighted by Crippen LogP contribution is 2.33. The first-order valence-electron chi connectivity index (χ1n) is 8.84. The molecule has 0 radical (unpaired) electrons. The number of anilines is 1. The Morgan fingerprint density at radius 2 is 1.86 bits per heavy atom. The summed E-state index contributed by atoms with van der Waals surface area (Å²) in [7, 11) is 1.40. The van der Waals surface area contributed by atoms with Crippen LogP contribution in [0.25, 0.3) is 6.08 Å². The lowest BCUT2D eigenvalue weighted by Gasteiger charge is -2.26. The normalized spacial score (nSPS) is 15.4. The number of benzene rings is 2. The van der Waals surface area contributed by atoms with Gasteiger partial charge in [0.2, 0.25) is 0 Å². The van der Waals surface area contributed by atoms with Gasteiger partial charge in [-0.1, -0.05) is 23.8 Å². The average Bonchev–Trinajstić information content (AvgIpc) is 2.68. The number of allylic oxidation sites excluding steroid dienone is 1. The first kappa shape index (κ1) is 19.9. The van der Waals surface area contributed by atoms with Crippen molar-refractivity contribution in [2.75, 3.05) is 12.0 Å². The number of barbiturate groups is 1. The number of amides is 4. The Hall–Kier alpha value is -3.87. The lowest BCUT2D eigenvalue weighted by Crippen LogP contribution is -2.54. The lowest BCUT2D eigenvalue weighted by atomic mass is 10.0. The Labute approximate surface area is 167 Å². The summed E-state index contributed by atoms with van der Waals surface area (Å²) in [6.45, 7) is 5.53. The monoisotopic (exact) mass is 392 g/mol. The van der Waals surface area contributed by atoms with E-state index in [4.69, 9.17) is 4.74 Å². The van der Waals surface area contributed by atoms with Crippen molar-refractivity contribution in [3.8, 4) is 11.5 Å².